The molecule has 0 aromatic carbocycles. The molecule has 114 valence electrons. The predicted octanol–water partition coefficient (Wildman–Crippen LogP) is 3.67. The quantitative estimate of drug-likeness (QED) is 0.918. The largest absolute Gasteiger partial charge is 0.346 e. The summed E-state index contributed by atoms with van der Waals surface area (Å²) in [6.07, 6.45) is 1.25. The summed E-state index contributed by atoms with van der Waals surface area (Å²) in [4.78, 5) is 8.65. The van der Waals surface area contributed by atoms with Crippen LogP contribution in [0.25, 0.3) is 0 Å². The Hall–Kier alpha value is -0.260. The molecule has 1 unspecified atom stereocenters. The molecule has 3 nitrogen and oxygen atoms in total. The standard InChI is InChI=1S/C15H27N3S2/c1-6-12-10-18(7-8-19-12)14-17-11(2)13(20-14)9-16-15(3,4)5/h12,16H,6-10H2,1-5H3. The second kappa shape index (κ2) is 6.67. The highest BCUT2D eigenvalue weighted by molar-refractivity contribution is 8.00. The molecule has 5 heteroatoms. The van der Waals surface area contributed by atoms with Gasteiger partial charge in [-0.2, -0.15) is 11.8 Å². The highest BCUT2D eigenvalue weighted by Gasteiger charge is 2.22. The lowest BCUT2D eigenvalue weighted by atomic mass is 10.1. The molecule has 0 spiro atoms. The van der Waals surface area contributed by atoms with Crippen molar-refractivity contribution in [2.45, 2.75) is 58.4 Å². The second-order valence-corrected chi connectivity index (χ2v) is 8.93. The van der Waals surface area contributed by atoms with Gasteiger partial charge in [0.2, 0.25) is 0 Å². The number of anilines is 1. The monoisotopic (exact) mass is 313 g/mol. The van der Waals surface area contributed by atoms with Crippen molar-refractivity contribution in [2.24, 2.45) is 0 Å². The van der Waals surface area contributed by atoms with Crippen molar-refractivity contribution in [3.05, 3.63) is 10.6 Å². The first-order valence-electron chi connectivity index (χ1n) is 7.47. The van der Waals surface area contributed by atoms with Crippen molar-refractivity contribution >= 4 is 28.2 Å². The number of nitrogens with one attached hydrogen (secondary N) is 1. The van der Waals surface area contributed by atoms with Crippen molar-refractivity contribution in [2.75, 3.05) is 23.7 Å². The summed E-state index contributed by atoms with van der Waals surface area (Å²) in [6, 6.07) is 0. The van der Waals surface area contributed by atoms with E-state index < -0.39 is 0 Å². The van der Waals surface area contributed by atoms with Gasteiger partial charge in [-0.05, 0) is 34.1 Å². The number of aryl methyl sites for hydroxylation is 1. The lowest BCUT2D eigenvalue weighted by molar-refractivity contribution is 0.425. The maximum Gasteiger partial charge on any atom is 0.185 e. The smallest absolute Gasteiger partial charge is 0.185 e. The number of thioether (sulfide) groups is 1. The van der Waals surface area contributed by atoms with Gasteiger partial charge in [-0.25, -0.2) is 4.98 Å². The Morgan fingerprint density at radius 1 is 1.40 bits per heavy atom. The fourth-order valence-electron chi connectivity index (χ4n) is 2.20. The minimum absolute atomic E-state index is 0.158. The fraction of sp³-hybridized carbons (Fsp3) is 0.800. The Bertz CT molecular complexity index is 437. The van der Waals surface area contributed by atoms with E-state index in [-0.39, 0.29) is 5.54 Å². The third-order valence-electron chi connectivity index (χ3n) is 3.53. The SMILES string of the molecule is CCC1CN(c2nc(C)c(CNC(C)(C)C)s2)CCS1. The molecule has 1 fully saturated rings. The molecule has 2 rings (SSSR count). The number of rotatable bonds is 4. The molecule has 1 aliphatic heterocycles. The third kappa shape index (κ3) is 4.37. The van der Waals surface area contributed by atoms with Crippen LogP contribution in [-0.2, 0) is 6.54 Å². The zero-order valence-corrected chi connectivity index (χ0v) is 15.0. The number of thiazole rings is 1. The van der Waals surface area contributed by atoms with Crippen LogP contribution >= 0.6 is 23.1 Å². The van der Waals surface area contributed by atoms with Gasteiger partial charge < -0.3 is 10.2 Å². The predicted molar refractivity (Wildman–Crippen MR) is 92.2 cm³/mol. The summed E-state index contributed by atoms with van der Waals surface area (Å²) in [5.74, 6) is 1.23. The van der Waals surface area contributed by atoms with E-state index >= 15 is 0 Å². The second-order valence-electron chi connectivity index (χ2n) is 6.46. The Kier molecular flexibility index (Phi) is 5.37. The maximum absolute atomic E-state index is 4.80. The van der Waals surface area contributed by atoms with Crippen LogP contribution in [-0.4, -0.2) is 34.6 Å². The molecule has 1 aromatic heterocycles. The van der Waals surface area contributed by atoms with Crippen molar-refractivity contribution in [3.8, 4) is 0 Å². The number of hydrogen-bond donors (Lipinski definition) is 1. The van der Waals surface area contributed by atoms with E-state index in [1.807, 2.05) is 11.3 Å². The average Bonchev–Trinajstić information content (AvgIpc) is 2.77. The summed E-state index contributed by atoms with van der Waals surface area (Å²) in [5, 5.41) is 5.55. The van der Waals surface area contributed by atoms with Gasteiger partial charge in [0, 0.05) is 41.1 Å². The molecule has 1 saturated heterocycles. The molecule has 1 aliphatic rings. The summed E-state index contributed by atoms with van der Waals surface area (Å²) < 4.78 is 0. The molecule has 2 heterocycles. The molecule has 0 aliphatic carbocycles. The minimum atomic E-state index is 0.158. The molecule has 20 heavy (non-hydrogen) atoms. The van der Waals surface area contributed by atoms with Crippen molar-refractivity contribution < 1.29 is 0 Å². The van der Waals surface area contributed by atoms with E-state index in [0.717, 1.165) is 24.9 Å². The normalized spacial score (nSPS) is 20.4. The summed E-state index contributed by atoms with van der Waals surface area (Å²) in [7, 11) is 0. The molecular weight excluding hydrogens is 286 g/mol. The Labute approximate surface area is 131 Å². The lowest BCUT2D eigenvalue weighted by Gasteiger charge is -2.31. The third-order valence-corrected chi connectivity index (χ3v) is 6.12. The van der Waals surface area contributed by atoms with E-state index in [0.29, 0.717) is 0 Å². The van der Waals surface area contributed by atoms with Crippen LogP contribution in [0.1, 0.15) is 44.7 Å². The van der Waals surface area contributed by atoms with Gasteiger partial charge in [0.1, 0.15) is 0 Å². The molecule has 1 N–H and O–H groups in total. The minimum Gasteiger partial charge on any atom is -0.346 e. The Morgan fingerprint density at radius 2 is 2.15 bits per heavy atom. The van der Waals surface area contributed by atoms with Crippen LogP contribution in [0.5, 0.6) is 0 Å². The van der Waals surface area contributed by atoms with Crippen molar-refractivity contribution in [3.63, 3.8) is 0 Å². The van der Waals surface area contributed by atoms with E-state index in [2.05, 4.69) is 56.6 Å². The summed E-state index contributed by atoms with van der Waals surface area (Å²) in [6.45, 7) is 14.3. The first kappa shape index (κ1) is 16.1. The Balaban J connectivity index is 2.03. The van der Waals surface area contributed by atoms with E-state index in [1.165, 1.54) is 27.9 Å². The van der Waals surface area contributed by atoms with Crippen molar-refractivity contribution in [1.82, 2.24) is 10.3 Å². The highest BCUT2D eigenvalue weighted by atomic mass is 32.2. The molecule has 0 saturated carbocycles. The zero-order valence-electron chi connectivity index (χ0n) is 13.3. The van der Waals surface area contributed by atoms with Crippen molar-refractivity contribution in [1.29, 1.82) is 0 Å². The van der Waals surface area contributed by atoms with Crippen LogP contribution in [0.4, 0.5) is 5.13 Å². The van der Waals surface area contributed by atoms with Gasteiger partial charge >= 0.3 is 0 Å². The van der Waals surface area contributed by atoms with Crippen LogP contribution < -0.4 is 10.2 Å². The molecule has 1 aromatic rings. The van der Waals surface area contributed by atoms with Gasteiger partial charge in [0.25, 0.3) is 0 Å². The first-order valence-corrected chi connectivity index (χ1v) is 9.33. The van der Waals surface area contributed by atoms with E-state index in [1.54, 1.807) is 0 Å². The average molecular weight is 314 g/mol. The van der Waals surface area contributed by atoms with Gasteiger partial charge in [-0.3, -0.25) is 0 Å². The van der Waals surface area contributed by atoms with E-state index in [4.69, 9.17) is 4.98 Å². The van der Waals surface area contributed by atoms with Crippen LogP contribution in [0.3, 0.4) is 0 Å². The van der Waals surface area contributed by atoms with Gasteiger partial charge in [0.15, 0.2) is 5.13 Å². The number of nitrogens with zero attached hydrogens (tertiary/aromatic N) is 2. The topological polar surface area (TPSA) is 28.2 Å². The fourth-order valence-corrected chi connectivity index (χ4v) is 4.41. The molecule has 1 atom stereocenters. The summed E-state index contributed by atoms with van der Waals surface area (Å²) >= 11 is 3.97. The van der Waals surface area contributed by atoms with Crippen LogP contribution in [0.15, 0.2) is 0 Å². The lowest BCUT2D eigenvalue weighted by Crippen LogP contribution is -2.37. The highest BCUT2D eigenvalue weighted by Crippen LogP contribution is 2.30. The van der Waals surface area contributed by atoms with Gasteiger partial charge in [0.05, 0.1) is 5.69 Å². The molecular formula is C15H27N3S2. The molecule has 0 radical (unpaired) electrons. The zero-order chi connectivity index (χ0) is 14.8. The first-order chi connectivity index (χ1) is 9.39. The van der Waals surface area contributed by atoms with Crippen LogP contribution in [0, 0.1) is 6.92 Å². The molecule has 0 bridgehead atoms. The molecule has 0 amide bonds. The number of aromatic nitrogens is 1. The summed E-state index contributed by atoms with van der Waals surface area (Å²) in [5.41, 5.74) is 1.35. The van der Waals surface area contributed by atoms with Gasteiger partial charge in [-0.1, -0.05) is 6.92 Å². The Morgan fingerprint density at radius 3 is 2.80 bits per heavy atom. The number of hydrogen-bond acceptors (Lipinski definition) is 5. The van der Waals surface area contributed by atoms with E-state index in [9.17, 15) is 0 Å². The van der Waals surface area contributed by atoms with Crippen LogP contribution in [0.2, 0.25) is 0 Å². The van der Waals surface area contributed by atoms with Gasteiger partial charge in [-0.15, -0.1) is 11.3 Å². The maximum atomic E-state index is 4.80.